The Morgan fingerprint density at radius 2 is 2.16 bits per heavy atom. The molecule has 0 radical (unpaired) electrons. The highest BCUT2D eigenvalue weighted by atomic mass is 19.1. The van der Waals surface area contributed by atoms with Crippen LogP contribution in [0.2, 0.25) is 0 Å². The summed E-state index contributed by atoms with van der Waals surface area (Å²) < 4.78 is 18.3. The van der Waals surface area contributed by atoms with E-state index in [1.54, 1.807) is 30.5 Å². The van der Waals surface area contributed by atoms with Crippen molar-refractivity contribution < 1.29 is 13.6 Å². The number of aromatic nitrogens is 1. The Balaban J connectivity index is 2.01. The van der Waals surface area contributed by atoms with E-state index in [1.807, 2.05) is 0 Å². The largest absolute Gasteiger partial charge is 0.459 e. The molecule has 1 aromatic carbocycles. The van der Waals surface area contributed by atoms with E-state index in [1.165, 1.54) is 18.4 Å². The Morgan fingerprint density at radius 1 is 1.26 bits per heavy atom. The third-order valence-electron chi connectivity index (χ3n) is 2.70. The maximum Gasteiger partial charge on any atom is 0.291 e. The number of rotatable bonds is 2. The first-order chi connectivity index (χ1) is 9.24. The highest BCUT2D eigenvalue weighted by molar-refractivity contribution is 6.07. The summed E-state index contributed by atoms with van der Waals surface area (Å²) in [5.74, 6) is -0.572. The van der Waals surface area contributed by atoms with Gasteiger partial charge in [-0.3, -0.25) is 9.78 Å². The Labute approximate surface area is 107 Å². The summed E-state index contributed by atoms with van der Waals surface area (Å²) >= 11 is 0. The van der Waals surface area contributed by atoms with E-state index in [0.29, 0.717) is 16.6 Å². The molecule has 94 valence electrons. The van der Waals surface area contributed by atoms with Crippen LogP contribution >= 0.6 is 0 Å². The third kappa shape index (κ3) is 2.18. The van der Waals surface area contributed by atoms with Gasteiger partial charge in [-0.25, -0.2) is 4.39 Å². The molecule has 1 amide bonds. The summed E-state index contributed by atoms with van der Waals surface area (Å²) in [6.07, 6.45) is 2.97. The molecule has 0 aliphatic heterocycles. The van der Waals surface area contributed by atoms with Crippen molar-refractivity contribution in [1.29, 1.82) is 0 Å². The monoisotopic (exact) mass is 256 g/mol. The predicted octanol–water partition coefficient (Wildman–Crippen LogP) is 3.22. The minimum Gasteiger partial charge on any atom is -0.459 e. The molecule has 0 saturated carbocycles. The smallest absolute Gasteiger partial charge is 0.291 e. The first-order valence-electron chi connectivity index (χ1n) is 5.63. The van der Waals surface area contributed by atoms with Gasteiger partial charge in [-0.15, -0.1) is 0 Å². The van der Waals surface area contributed by atoms with Gasteiger partial charge in [-0.05, 0) is 36.4 Å². The van der Waals surface area contributed by atoms with Crippen molar-refractivity contribution in [1.82, 2.24) is 4.98 Å². The average molecular weight is 256 g/mol. The minimum absolute atomic E-state index is 0.196. The number of furan rings is 1. The number of anilines is 1. The first kappa shape index (κ1) is 11.4. The van der Waals surface area contributed by atoms with Gasteiger partial charge in [0, 0.05) is 11.6 Å². The highest BCUT2D eigenvalue weighted by Crippen LogP contribution is 2.22. The van der Waals surface area contributed by atoms with Crippen LogP contribution in [-0.2, 0) is 0 Å². The van der Waals surface area contributed by atoms with E-state index in [2.05, 4.69) is 10.3 Å². The lowest BCUT2D eigenvalue weighted by Crippen LogP contribution is -2.11. The van der Waals surface area contributed by atoms with Crippen LogP contribution in [0.3, 0.4) is 0 Å². The molecule has 0 aliphatic carbocycles. The third-order valence-corrected chi connectivity index (χ3v) is 2.70. The molecule has 2 heterocycles. The van der Waals surface area contributed by atoms with Gasteiger partial charge in [-0.2, -0.15) is 0 Å². The molecule has 3 rings (SSSR count). The fraction of sp³-hybridized carbons (Fsp3) is 0. The highest BCUT2D eigenvalue weighted by Gasteiger charge is 2.11. The van der Waals surface area contributed by atoms with Gasteiger partial charge in [0.25, 0.3) is 5.91 Å². The van der Waals surface area contributed by atoms with Gasteiger partial charge in [-0.1, -0.05) is 0 Å². The molecule has 0 fully saturated rings. The molecule has 1 N–H and O–H groups in total. The van der Waals surface area contributed by atoms with Gasteiger partial charge < -0.3 is 9.73 Å². The van der Waals surface area contributed by atoms with Crippen molar-refractivity contribution in [3.63, 3.8) is 0 Å². The van der Waals surface area contributed by atoms with E-state index in [9.17, 15) is 9.18 Å². The summed E-state index contributed by atoms with van der Waals surface area (Å²) in [5, 5.41) is 3.22. The SMILES string of the molecule is O=C(Nc1ccnc2ccc(F)cc12)c1ccco1. The fourth-order valence-corrected chi connectivity index (χ4v) is 1.82. The first-order valence-corrected chi connectivity index (χ1v) is 5.63. The van der Waals surface area contributed by atoms with Gasteiger partial charge in [0.15, 0.2) is 5.76 Å². The topological polar surface area (TPSA) is 55.1 Å². The standard InChI is InChI=1S/C14H9FN2O2/c15-9-3-4-11-10(8-9)12(5-6-16-11)17-14(18)13-2-1-7-19-13/h1-8H,(H,16,17,18). The van der Waals surface area contributed by atoms with Crippen LogP contribution in [0.1, 0.15) is 10.6 Å². The quantitative estimate of drug-likeness (QED) is 0.765. The number of hydrogen-bond donors (Lipinski definition) is 1. The second-order valence-corrected chi connectivity index (χ2v) is 3.95. The van der Waals surface area contributed by atoms with Crippen LogP contribution < -0.4 is 5.32 Å². The average Bonchev–Trinajstić information content (AvgIpc) is 2.93. The number of nitrogens with one attached hydrogen (secondary N) is 1. The maximum absolute atomic E-state index is 13.3. The number of halogens is 1. The normalized spacial score (nSPS) is 10.6. The Hall–Kier alpha value is -2.69. The molecule has 19 heavy (non-hydrogen) atoms. The Kier molecular flexibility index (Phi) is 2.72. The number of hydrogen-bond acceptors (Lipinski definition) is 3. The Bertz CT molecular complexity index is 738. The number of nitrogens with zero attached hydrogens (tertiary/aromatic N) is 1. The van der Waals surface area contributed by atoms with Crippen molar-refractivity contribution >= 4 is 22.5 Å². The number of carbonyl (C=O) groups excluding carboxylic acids is 1. The van der Waals surface area contributed by atoms with Crippen molar-refractivity contribution in [3.05, 3.63) is 60.4 Å². The van der Waals surface area contributed by atoms with Crippen LogP contribution in [0.15, 0.2) is 53.3 Å². The second-order valence-electron chi connectivity index (χ2n) is 3.95. The fourth-order valence-electron chi connectivity index (χ4n) is 1.82. The van der Waals surface area contributed by atoms with Crippen molar-refractivity contribution in [2.45, 2.75) is 0 Å². The summed E-state index contributed by atoms with van der Waals surface area (Å²) in [4.78, 5) is 16.0. The lowest BCUT2D eigenvalue weighted by molar-refractivity contribution is 0.0997. The van der Waals surface area contributed by atoms with E-state index >= 15 is 0 Å². The van der Waals surface area contributed by atoms with Crippen LogP contribution in [0.4, 0.5) is 10.1 Å². The van der Waals surface area contributed by atoms with Crippen molar-refractivity contribution in [2.75, 3.05) is 5.32 Å². The molecule has 0 atom stereocenters. The second kappa shape index (κ2) is 4.53. The Morgan fingerprint density at radius 3 is 2.95 bits per heavy atom. The van der Waals surface area contributed by atoms with Crippen LogP contribution in [0.25, 0.3) is 10.9 Å². The van der Waals surface area contributed by atoms with E-state index in [4.69, 9.17) is 4.42 Å². The molecular formula is C14H9FN2O2. The molecular weight excluding hydrogens is 247 g/mol. The minimum atomic E-state index is -0.387. The van der Waals surface area contributed by atoms with E-state index < -0.39 is 0 Å². The molecule has 0 aliphatic rings. The lowest BCUT2D eigenvalue weighted by atomic mass is 10.2. The van der Waals surface area contributed by atoms with E-state index in [-0.39, 0.29) is 17.5 Å². The maximum atomic E-state index is 13.3. The van der Waals surface area contributed by atoms with Gasteiger partial charge in [0.05, 0.1) is 17.5 Å². The van der Waals surface area contributed by atoms with Crippen LogP contribution in [0.5, 0.6) is 0 Å². The number of amides is 1. The molecule has 3 aromatic rings. The summed E-state index contributed by atoms with van der Waals surface area (Å²) in [7, 11) is 0. The van der Waals surface area contributed by atoms with Gasteiger partial charge >= 0.3 is 0 Å². The van der Waals surface area contributed by atoms with Gasteiger partial charge in [0.2, 0.25) is 0 Å². The molecule has 0 spiro atoms. The van der Waals surface area contributed by atoms with Crippen LogP contribution in [0, 0.1) is 5.82 Å². The zero-order valence-corrected chi connectivity index (χ0v) is 9.76. The number of pyridine rings is 1. The summed E-state index contributed by atoms with van der Waals surface area (Å²) in [6, 6.07) is 9.02. The number of carbonyl (C=O) groups is 1. The number of fused-ring (bicyclic) bond motifs is 1. The summed E-state index contributed by atoms with van der Waals surface area (Å²) in [5.41, 5.74) is 1.10. The predicted molar refractivity (Wildman–Crippen MR) is 68.4 cm³/mol. The zero-order chi connectivity index (χ0) is 13.2. The van der Waals surface area contributed by atoms with Gasteiger partial charge in [0.1, 0.15) is 5.82 Å². The van der Waals surface area contributed by atoms with Crippen molar-refractivity contribution in [2.24, 2.45) is 0 Å². The molecule has 2 aromatic heterocycles. The zero-order valence-electron chi connectivity index (χ0n) is 9.76. The molecule has 0 saturated heterocycles. The molecule has 0 bridgehead atoms. The molecule has 0 unspecified atom stereocenters. The number of benzene rings is 1. The van der Waals surface area contributed by atoms with Crippen molar-refractivity contribution in [3.8, 4) is 0 Å². The van der Waals surface area contributed by atoms with E-state index in [0.717, 1.165) is 0 Å². The lowest BCUT2D eigenvalue weighted by Gasteiger charge is -2.07. The van der Waals surface area contributed by atoms with Crippen LogP contribution in [-0.4, -0.2) is 10.9 Å². The molecule has 4 nitrogen and oxygen atoms in total. The summed E-state index contributed by atoms with van der Waals surface area (Å²) in [6.45, 7) is 0. The molecule has 5 heteroatoms.